The van der Waals surface area contributed by atoms with E-state index in [1.807, 2.05) is 17.2 Å². The topological polar surface area (TPSA) is 134 Å². The SMILES string of the molecule is CC(C)c1cnc(N2CC(C#N)(CO)C2)c2cnc(Nc3ccnc(N4CC[C@@H](O)[C@@](C)(F)C4)n3)cc12. The number of aliphatic hydroxyl groups excluding tert-OH is 2. The van der Waals surface area contributed by atoms with Crippen LogP contribution in [0.5, 0.6) is 0 Å². The summed E-state index contributed by atoms with van der Waals surface area (Å²) >= 11 is 0. The van der Waals surface area contributed by atoms with E-state index in [2.05, 4.69) is 45.2 Å². The van der Waals surface area contributed by atoms with Crippen LogP contribution in [-0.4, -0.2) is 74.7 Å². The number of nitrogens with one attached hydrogen (secondary N) is 1. The van der Waals surface area contributed by atoms with Crippen LogP contribution in [0.4, 0.5) is 27.8 Å². The number of aliphatic hydroxyl groups is 2. The van der Waals surface area contributed by atoms with Gasteiger partial charge in [-0.1, -0.05) is 13.8 Å². The normalized spacial score (nSPS) is 23.1. The summed E-state index contributed by atoms with van der Waals surface area (Å²) in [6.07, 6.45) is 4.54. The number of anilines is 4. The molecule has 3 N–H and O–H groups in total. The molecule has 2 atom stereocenters. The van der Waals surface area contributed by atoms with Crippen molar-refractivity contribution in [2.45, 2.75) is 44.9 Å². The molecule has 37 heavy (non-hydrogen) atoms. The number of halogens is 1. The molecule has 2 fully saturated rings. The Hall–Kier alpha value is -3.62. The molecule has 0 amide bonds. The quantitative estimate of drug-likeness (QED) is 0.458. The van der Waals surface area contributed by atoms with Gasteiger partial charge in [0.05, 0.1) is 25.3 Å². The van der Waals surface area contributed by atoms with Crippen molar-refractivity contribution in [2.75, 3.05) is 47.9 Å². The zero-order chi connectivity index (χ0) is 26.4. The number of hydrogen-bond acceptors (Lipinski definition) is 10. The zero-order valence-corrected chi connectivity index (χ0v) is 21.2. The van der Waals surface area contributed by atoms with Gasteiger partial charge in [0, 0.05) is 43.6 Å². The van der Waals surface area contributed by atoms with Gasteiger partial charge in [0.2, 0.25) is 5.95 Å². The minimum atomic E-state index is -1.73. The van der Waals surface area contributed by atoms with Crippen LogP contribution in [0.15, 0.2) is 30.7 Å². The fourth-order valence-electron chi connectivity index (χ4n) is 4.97. The summed E-state index contributed by atoms with van der Waals surface area (Å²) < 4.78 is 14.7. The van der Waals surface area contributed by atoms with Gasteiger partial charge in [0.1, 0.15) is 22.9 Å². The molecule has 0 radical (unpaired) electrons. The average molecular weight is 507 g/mol. The Balaban J connectivity index is 1.42. The molecule has 3 aromatic heterocycles. The second kappa shape index (κ2) is 9.36. The maximum Gasteiger partial charge on any atom is 0.227 e. The third kappa shape index (κ3) is 4.63. The molecule has 0 spiro atoms. The van der Waals surface area contributed by atoms with Crippen molar-refractivity contribution >= 4 is 34.2 Å². The minimum Gasteiger partial charge on any atom is -0.395 e. The number of fused-ring (bicyclic) bond motifs is 1. The molecule has 2 aliphatic rings. The first-order valence-corrected chi connectivity index (χ1v) is 12.4. The molecule has 0 bridgehead atoms. The van der Waals surface area contributed by atoms with Crippen LogP contribution < -0.4 is 15.1 Å². The molecule has 2 saturated heterocycles. The van der Waals surface area contributed by atoms with E-state index in [0.717, 1.165) is 22.2 Å². The first-order valence-electron chi connectivity index (χ1n) is 12.4. The van der Waals surface area contributed by atoms with Crippen molar-refractivity contribution in [2.24, 2.45) is 5.41 Å². The molecule has 0 saturated carbocycles. The summed E-state index contributed by atoms with van der Waals surface area (Å²) in [4.78, 5) is 21.9. The number of pyridine rings is 2. The van der Waals surface area contributed by atoms with E-state index in [1.165, 1.54) is 6.92 Å². The summed E-state index contributed by atoms with van der Waals surface area (Å²) in [6, 6.07) is 5.90. The smallest absolute Gasteiger partial charge is 0.227 e. The average Bonchev–Trinajstić information content (AvgIpc) is 2.85. The van der Waals surface area contributed by atoms with Gasteiger partial charge in [-0.15, -0.1) is 0 Å². The summed E-state index contributed by atoms with van der Waals surface area (Å²) in [5, 5.41) is 34.1. The summed E-state index contributed by atoms with van der Waals surface area (Å²) in [6.45, 7) is 6.72. The molecule has 0 aliphatic carbocycles. The lowest BCUT2D eigenvalue weighted by atomic mass is 9.82. The van der Waals surface area contributed by atoms with Crippen LogP contribution >= 0.6 is 0 Å². The van der Waals surface area contributed by atoms with E-state index >= 15 is 0 Å². The van der Waals surface area contributed by atoms with E-state index < -0.39 is 17.2 Å². The fraction of sp³-hybridized carbons (Fsp3) is 0.500. The molecule has 5 heterocycles. The van der Waals surface area contributed by atoms with Crippen molar-refractivity contribution in [3.8, 4) is 6.07 Å². The summed E-state index contributed by atoms with van der Waals surface area (Å²) in [7, 11) is 0. The monoisotopic (exact) mass is 506 g/mol. The van der Waals surface area contributed by atoms with Gasteiger partial charge in [0.25, 0.3) is 0 Å². The van der Waals surface area contributed by atoms with E-state index in [1.54, 1.807) is 23.4 Å². The molecule has 11 heteroatoms. The standard InChI is InChI=1S/C26H31FN8O2/c1-16(2)18-9-31-23(35-13-26(11-28,14-35)15-36)19-10-30-22(8-17(18)19)32-21-4-6-29-24(33-21)34-7-5-20(37)25(3,27)12-34/h4,6,8-10,16,20,36-37H,5,7,12-15H2,1-3H3,(H,29,30,32,33)/t20-,25+/m1/s1. The predicted octanol–water partition coefficient (Wildman–Crippen LogP) is 2.91. The summed E-state index contributed by atoms with van der Waals surface area (Å²) in [5.74, 6) is 2.46. The molecule has 5 rings (SSSR count). The zero-order valence-electron chi connectivity index (χ0n) is 21.2. The van der Waals surface area contributed by atoms with Gasteiger partial charge in [-0.25, -0.2) is 19.3 Å². The lowest BCUT2D eigenvalue weighted by Gasteiger charge is -2.45. The molecular formula is C26H31FN8O2. The Kier molecular flexibility index (Phi) is 6.33. The molecule has 0 aromatic carbocycles. The van der Waals surface area contributed by atoms with Gasteiger partial charge < -0.3 is 25.3 Å². The first-order chi connectivity index (χ1) is 17.6. The van der Waals surface area contributed by atoms with Crippen molar-refractivity contribution in [3.05, 3.63) is 36.3 Å². The number of nitrogens with zero attached hydrogens (tertiary/aromatic N) is 7. The van der Waals surface area contributed by atoms with Crippen molar-refractivity contribution in [1.29, 1.82) is 5.26 Å². The Morgan fingerprint density at radius 2 is 1.95 bits per heavy atom. The largest absolute Gasteiger partial charge is 0.395 e. The highest BCUT2D eigenvalue weighted by atomic mass is 19.1. The molecule has 3 aromatic rings. The van der Waals surface area contributed by atoms with Crippen LogP contribution in [0.1, 0.15) is 38.7 Å². The van der Waals surface area contributed by atoms with Gasteiger partial charge in [-0.05, 0) is 42.3 Å². The third-order valence-corrected chi connectivity index (χ3v) is 7.28. The highest BCUT2D eigenvalue weighted by molar-refractivity contribution is 5.96. The van der Waals surface area contributed by atoms with Gasteiger partial charge in [-0.3, -0.25) is 0 Å². The molecule has 2 aliphatic heterocycles. The number of nitriles is 1. The molecular weight excluding hydrogens is 475 g/mol. The van der Waals surface area contributed by atoms with Gasteiger partial charge in [-0.2, -0.15) is 10.2 Å². The second-order valence-corrected chi connectivity index (χ2v) is 10.6. The van der Waals surface area contributed by atoms with Gasteiger partial charge in [0.15, 0.2) is 5.67 Å². The minimum absolute atomic E-state index is 0.0131. The number of hydrogen-bond donors (Lipinski definition) is 3. The van der Waals surface area contributed by atoms with Gasteiger partial charge >= 0.3 is 0 Å². The summed E-state index contributed by atoms with van der Waals surface area (Å²) in [5.41, 5.74) is -1.42. The van der Waals surface area contributed by atoms with Crippen LogP contribution in [-0.2, 0) is 0 Å². The van der Waals surface area contributed by atoms with Crippen LogP contribution in [0.3, 0.4) is 0 Å². The van der Waals surface area contributed by atoms with Crippen molar-refractivity contribution in [3.63, 3.8) is 0 Å². The van der Waals surface area contributed by atoms with E-state index in [0.29, 0.717) is 43.6 Å². The van der Waals surface area contributed by atoms with Crippen LogP contribution in [0.2, 0.25) is 0 Å². The Bertz CT molecular complexity index is 1350. The maximum absolute atomic E-state index is 14.7. The number of alkyl halides is 1. The number of rotatable bonds is 6. The van der Waals surface area contributed by atoms with Crippen molar-refractivity contribution < 1.29 is 14.6 Å². The predicted molar refractivity (Wildman–Crippen MR) is 139 cm³/mol. The van der Waals surface area contributed by atoms with Crippen molar-refractivity contribution in [1.82, 2.24) is 19.9 Å². The highest BCUT2D eigenvalue weighted by Crippen LogP contribution is 2.38. The Morgan fingerprint density at radius 1 is 1.16 bits per heavy atom. The van der Waals surface area contributed by atoms with E-state index in [-0.39, 0.29) is 19.1 Å². The molecule has 0 unspecified atom stereocenters. The van der Waals surface area contributed by atoms with E-state index in [4.69, 9.17) is 0 Å². The third-order valence-electron chi connectivity index (χ3n) is 7.28. The maximum atomic E-state index is 14.7. The molecule has 10 nitrogen and oxygen atoms in total. The highest BCUT2D eigenvalue weighted by Gasteiger charge is 2.44. The Morgan fingerprint density at radius 3 is 2.62 bits per heavy atom. The molecule has 194 valence electrons. The second-order valence-electron chi connectivity index (χ2n) is 10.6. The number of aromatic nitrogens is 4. The van der Waals surface area contributed by atoms with Crippen LogP contribution in [0.25, 0.3) is 10.8 Å². The lowest BCUT2D eigenvalue weighted by molar-refractivity contribution is -0.00860. The fourth-order valence-corrected chi connectivity index (χ4v) is 4.97. The first kappa shape index (κ1) is 25.0. The number of piperidine rings is 1. The van der Waals surface area contributed by atoms with E-state index in [9.17, 15) is 19.9 Å². The Labute approximate surface area is 214 Å². The van der Waals surface area contributed by atoms with Crippen LogP contribution in [0, 0.1) is 16.7 Å². The lowest BCUT2D eigenvalue weighted by Crippen LogP contribution is -2.58.